The maximum atomic E-state index is 13.6. The molecule has 3 unspecified atom stereocenters. The molecule has 38 heavy (non-hydrogen) atoms. The number of unbranched alkanes of at least 4 members (excludes halogenated alkanes) is 2. The van der Waals surface area contributed by atoms with Crippen LogP contribution in [0.1, 0.15) is 64.1 Å². The van der Waals surface area contributed by atoms with E-state index in [4.69, 9.17) is 5.73 Å². The second-order valence-corrected chi connectivity index (χ2v) is 11.9. The molecular formula is C28H41N5O4S. The summed E-state index contributed by atoms with van der Waals surface area (Å²) >= 11 is 1.59. The summed E-state index contributed by atoms with van der Waals surface area (Å²) in [6, 6.07) is 6.31. The van der Waals surface area contributed by atoms with Crippen LogP contribution < -0.4 is 16.4 Å². The highest BCUT2D eigenvalue weighted by Gasteiger charge is 2.44. The molecule has 1 aliphatic heterocycles. The van der Waals surface area contributed by atoms with Crippen LogP contribution >= 0.6 is 11.3 Å². The van der Waals surface area contributed by atoms with Gasteiger partial charge in [-0.15, -0.1) is 11.3 Å². The lowest BCUT2D eigenvalue weighted by atomic mass is 9.85. The number of carbonyl (C=O) groups excluding carboxylic acids is 3. The van der Waals surface area contributed by atoms with Gasteiger partial charge in [-0.2, -0.15) is 0 Å². The van der Waals surface area contributed by atoms with Crippen LogP contribution in [0.2, 0.25) is 0 Å². The number of carbonyl (C=O) groups is 3. The van der Waals surface area contributed by atoms with Gasteiger partial charge in [-0.3, -0.25) is 14.4 Å². The van der Waals surface area contributed by atoms with Crippen molar-refractivity contribution in [2.45, 2.75) is 84.5 Å². The number of aromatic nitrogens is 1. The third-order valence-electron chi connectivity index (χ3n) is 6.82. The number of nitrogens with one attached hydrogen (secondary N) is 2. The van der Waals surface area contributed by atoms with Gasteiger partial charge in [0, 0.05) is 25.9 Å². The predicted octanol–water partition coefficient (Wildman–Crippen LogP) is 2.75. The summed E-state index contributed by atoms with van der Waals surface area (Å²) in [6.07, 6.45) is 2.08. The summed E-state index contributed by atoms with van der Waals surface area (Å²) < 4.78 is 0. The molecule has 0 saturated carbocycles. The molecule has 0 radical (unpaired) electrons. The van der Waals surface area contributed by atoms with E-state index in [-0.39, 0.29) is 30.7 Å². The molecule has 10 heteroatoms. The van der Waals surface area contributed by atoms with Crippen molar-refractivity contribution in [3.8, 4) is 10.4 Å². The maximum Gasteiger partial charge on any atom is 0.246 e. The summed E-state index contributed by atoms with van der Waals surface area (Å²) in [6.45, 7) is 8.55. The molecule has 1 aromatic carbocycles. The van der Waals surface area contributed by atoms with Gasteiger partial charge in [0.2, 0.25) is 17.7 Å². The molecule has 0 bridgehead atoms. The van der Waals surface area contributed by atoms with Crippen LogP contribution in [0, 0.1) is 12.3 Å². The molecule has 2 aromatic rings. The average molecular weight is 544 g/mol. The summed E-state index contributed by atoms with van der Waals surface area (Å²) in [5, 5.41) is 16.2. The first kappa shape index (κ1) is 29.7. The molecule has 1 saturated heterocycles. The van der Waals surface area contributed by atoms with Crippen molar-refractivity contribution in [1.82, 2.24) is 20.5 Å². The van der Waals surface area contributed by atoms with E-state index in [1.807, 2.05) is 57.5 Å². The fraction of sp³-hybridized carbons (Fsp3) is 0.571. The van der Waals surface area contributed by atoms with Crippen LogP contribution in [-0.2, 0) is 20.9 Å². The zero-order chi connectivity index (χ0) is 27.9. The van der Waals surface area contributed by atoms with Crippen molar-refractivity contribution < 1.29 is 19.5 Å². The van der Waals surface area contributed by atoms with Crippen LogP contribution in [0.25, 0.3) is 10.4 Å². The number of aliphatic hydroxyl groups excluding tert-OH is 1. The second-order valence-electron chi connectivity index (χ2n) is 11.0. The summed E-state index contributed by atoms with van der Waals surface area (Å²) in [5.41, 5.74) is 9.75. The van der Waals surface area contributed by atoms with E-state index in [9.17, 15) is 19.5 Å². The Labute approximate surface area is 229 Å². The minimum atomic E-state index is -0.812. The predicted molar refractivity (Wildman–Crippen MR) is 149 cm³/mol. The smallest absolute Gasteiger partial charge is 0.246 e. The van der Waals surface area contributed by atoms with Crippen LogP contribution in [0.4, 0.5) is 0 Å². The Balaban J connectivity index is 1.63. The zero-order valence-corrected chi connectivity index (χ0v) is 23.6. The molecule has 3 amide bonds. The zero-order valence-electron chi connectivity index (χ0n) is 22.8. The van der Waals surface area contributed by atoms with Crippen LogP contribution in [0.15, 0.2) is 29.8 Å². The Morgan fingerprint density at radius 1 is 1.18 bits per heavy atom. The number of β-amino-alcohol motifs (C(OH)–C–C–N with tert-alkyl or cyclic N) is 1. The van der Waals surface area contributed by atoms with Crippen molar-refractivity contribution in [3.05, 3.63) is 41.0 Å². The lowest BCUT2D eigenvalue weighted by Gasteiger charge is -2.35. The lowest BCUT2D eigenvalue weighted by molar-refractivity contribution is -0.144. The minimum Gasteiger partial charge on any atom is -0.391 e. The Kier molecular flexibility index (Phi) is 10.4. The SMILES string of the molecule is Cc1ncsc1-c1ccc(CNC(=O)C2CC(O)CN2C(=O)C(NC(=O)CCCCCN)C(C)(C)C)cc1. The standard InChI is InChI=1S/C28H41N5O4S/c1-18-24(38-17-31-18)20-11-9-19(10-12-20)15-30-26(36)22-14-21(34)16-33(22)27(37)25(28(2,3)4)32-23(35)8-6-5-7-13-29/h9-12,17,21-22,25,34H,5-8,13-16,29H2,1-4H3,(H,30,36)(H,32,35). The van der Waals surface area contributed by atoms with Gasteiger partial charge in [-0.25, -0.2) is 4.98 Å². The van der Waals surface area contributed by atoms with Gasteiger partial charge in [-0.05, 0) is 42.9 Å². The monoisotopic (exact) mass is 543 g/mol. The van der Waals surface area contributed by atoms with Crippen LogP contribution in [0.3, 0.4) is 0 Å². The van der Waals surface area contributed by atoms with Gasteiger partial charge in [0.05, 0.1) is 22.2 Å². The normalized spacial score (nSPS) is 18.3. The van der Waals surface area contributed by atoms with Crippen molar-refractivity contribution in [2.75, 3.05) is 13.1 Å². The molecule has 3 atom stereocenters. The van der Waals surface area contributed by atoms with E-state index >= 15 is 0 Å². The Morgan fingerprint density at radius 3 is 2.50 bits per heavy atom. The number of benzene rings is 1. The van der Waals surface area contributed by atoms with Gasteiger partial charge in [0.25, 0.3) is 0 Å². The number of aliphatic hydroxyl groups is 1. The Hall–Kier alpha value is -2.82. The topological polar surface area (TPSA) is 138 Å². The number of nitrogens with zero attached hydrogens (tertiary/aromatic N) is 2. The van der Waals surface area contributed by atoms with E-state index in [0.717, 1.165) is 34.5 Å². The van der Waals surface area contributed by atoms with Crippen molar-refractivity contribution in [1.29, 1.82) is 0 Å². The Morgan fingerprint density at radius 2 is 1.89 bits per heavy atom. The van der Waals surface area contributed by atoms with Gasteiger partial charge < -0.3 is 26.4 Å². The van der Waals surface area contributed by atoms with Gasteiger partial charge in [-0.1, -0.05) is 51.5 Å². The number of rotatable bonds is 11. The first-order valence-corrected chi connectivity index (χ1v) is 14.1. The molecule has 1 aliphatic rings. The van der Waals surface area contributed by atoms with Gasteiger partial charge in [0.1, 0.15) is 12.1 Å². The van der Waals surface area contributed by atoms with Crippen molar-refractivity contribution in [2.24, 2.45) is 11.1 Å². The molecule has 1 aromatic heterocycles. The summed E-state index contributed by atoms with van der Waals surface area (Å²) in [4.78, 5) is 46.2. The highest BCUT2D eigenvalue weighted by Crippen LogP contribution is 2.28. The number of likely N-dealkylation sites (tertiary alicyclic amines) is 1. The number of aryl methyl sites for hydroxylation is 1. The first-order chi connectivity index (χ1) is 18.0. The molecular weight excluding hydrogens is 502 g/mol. The number of amides is 3. The second kappa shape index (κ2) is 13.3. The van der Waals surface area contributed by atoms with E-state index in [1.165, 1.54) is 4.90 Å². The number of thiazole rings is 1. The fourth-order valence-corrected chi connectivity index (χ4v) is 5.43. The molecule has 2 heterocycles. The van der Waals surface area contributed by atoms with Gasteiger partial charge in [0.15, 0.2) is 0 Å². The van der Waals surface area contributed by atoms with E-state index in [0.29, 0.717) is 25.9 Å². The summed E-state index contributed by atoms with van der Waals surface area (Å²) in [5.74, 6) is -0.875. The lowest BCUT2D eigenvalue weighted by Crippen LogP contribution is -2.57. The van der Waals surface area contributed by atoms with Crippen molar-refractivity contribution >= 4 is 29.1 Å². The molecule has 5 N–H and O–H groups in total. The van der Waals surface area contributed by atoms with Gasteiger partial charge >= 0.3 is 0 Å². The van der Waals surface area contributed by atoms with E-state index < -0.39 is 23.6 Å². The number of hydrogen-bond acceptors (Lipinski definition) is 7. The maximum absolute atomic E-state index is 13.6. The minimum absolute atomic E-state index is 0.0543. The molecule has 0 aliphatic carbocycles. The number of hydrogen-bond donors (Lipinski definition) is 4. The van der Waals surface area contributed by atoms with Crippen molar-refractivity contribution in [3.63, 3.8) is 0 Å². The Bertz CT molecular complexity index is 1100. The third-order valence-corrected chi connectivity index (χ3v) is 7.80. The van der Waals surface area contributed by atoms with E-state index in [2.05, 4.69) is 15.6 Å². The average Bonchev–Trinajstić information content (AvgIpc) is 3.48. The highest BCUT2D eigenvalue weighted by atomic mass is 32.1. The van der Waals surface area contributed by atoms with Crippen LogP contribution in [-0.4, -0.2) is 64.0 Å². The molecule has 9 nitrogen and oxygen atoms in total. The largest absolute Gasteiger partial charge is 0.391 e. The molecule has 1 fully saturated rings. The molecule has 0 spiro atoms. The molecule has 3 rings (SSSR count). The number of nitrogens with two attached hydrogens (primary N) is 1. The first-order valence-electron chi connectivity index (χ1n) is 13.3. The summed E-state index contributed by atoms with van der Waals surface area (Å²) in [7, 11) is 0. The quantitative estimate of drug-likeness (QED) is 0.322. The highest BCUT2D eigenvalue weighted by molar-refractivity contribution is 7.13. The fourth-order valence-electron chi connectivity index (χ4n) is 4.62. The molecule has 208 valence electrons. The van der Waals surface area contributed by atoms with Crippen LogP contribution in [0.5, 0.6) is 0 Å². The third kappa shape index (κ3) is 7.85. The van der Waals surface area contributed by atoms with E-state index in [1.54, 1.807) is 11.3 Å².